The number of para-hydroxylation sites is 1. The van der Waals surface area contributed by atoms with Crippen LogP contribution in [0.4, 0.5) is 5.69 Å². The van der Waals surface area contributed by atoms with Crippen molar-refractivity contribution in [2.45, 2.75) is 6.42 Å². The Morgan fingerprint density at radius 3 is 2.48 bits per heavy atom. The molecule has 108 valence electrons. The largest absolute Gasteiger partial charge is 0.497 e. The zero-order valence-corrected chi connectivity index (χ0v) is 11.4. The van der Waals surface area contributed by atoms with Crippen molar-refractivity contribution < 1.29 is 14.9 Å². The van der Waals surface area contributed by atoms with Gasteiger partial charge in [-0.1, -0.05) is 23.4 Å². The summed E-state index contributed by atoms with van der Waals surface area (Å²) in [6.45, 7) is 0. The Hall–Kier alpha value is -2.89. The Labute approximate surface area is 121 Å². The maximum absolute atomic E-state index is 11.0. The molecule has 0 saturated heterocycles. The highest BCUT2D eigenvalue weighted by Crippen LogP contribution is 2.21. The summed E-state index contributed by atoms with van der Waals surface area (Å²) in [4.78, 5) is 10.6. The van der Waals surface area contributed by atoms with Gasteiger partial charge in [-0.2, -0.15) is 0 Å². The fourth-order valence-electron chi connectivity index (χ4n) is 2.00. The predicted molar refractivity (Wildman–Crippen MR) is 78.1 cm³/mol. The lowest BCUT2D eigenvalue weighted by atomic mass is 10.0. The molecule has 0 unspecified atom stereocenters. The van der Waals surface area contributed by atoms with Crippen LogP contribution >= 0.6 is 0 Å². The second kappa shape index (κ2) is 6.51. The number of nitrogens with zero attached hydrogens (tertiary/aromatic N) is 2. The average molecular weight is 286 g/mol. The summed E-state index contributed by atoms with van der Waals surface area (Å²) in [5.41, 5.74) is 1.53. The van der Waals surface area contributed by atoms with Gasteiger partial charge in [-0.3, -0.25) is 10.1 Å². The van der Waals surface area contributed by atoms with Gasteiger partial charge in [-0.05, 0) is 29.8 Å². The van der Waals surface area contributed by atoms with Crippen LogP contribution in [0.25, 0.3) is 0 Å². The van der Waals surface area contributed by atoms with E-state index >= 15 is 0 Å². The fourth-order valence-corrected chi connectivity index (χ4v) is 2.00. The highest BCUT2D eigenvalue weighted by atomic mass is 16.6. The highest BCUT2D eigenvalue weighted by Gasteiger charge is 2.15. The van der Waals surface area contributed by atoms with Crippen LogP contribution in [0, 0.1) is 10.1 Å². The summed E-state index contributed by atoms with van der Waals surface area (Å²) in [6.07, 6.45) is 0.167. The van der Waals surface area contributed by atoms with Crippen molar-refractivity contribution in [3.05, 3.63) is 69.8 Å². The molecular formula is C15H14N2O4. The Kier molecular flexibility index (Phi) is 4.50. The van der Waals surface area contributed by atoms with E-state index in [9.17, 15) is 15.3 Å². The van der Waals surface area contributed by atoms with Gasteiger partial charge < -0.3 is 9.94 Å². The molecular weight excluding hydrogens is 272 g/mol. The van der Waals surface area contributed by atoms with Gasteiger partial charge in [0.1, 0.15) is 5.75 Å². The Morgan fingerprint density at radius 2 is 1.90 bits per heavy atom. The second-order valence-corrected chi connectivity index (χ2v) is 4.34. The topological polar surface area (TPSA) is 85.0 Å². The van der Waals surface area contributed by atoms with Crippen LogP contribution in [0.2, 0.25) is 0 Å². The Balaban J connectivity index is 2.29. The van der Waals surface area contributed by atoms with E-state index < -0.39 is 4.92 Å². The van der Waals surface area contributed by atoms with E-state index in [0.29, 0.717) is 22.6 Å². The molecule has 0 bridgehead atoms. The van der Waals surface area contributed by atoms with Crippen LogP contribution in [-0.4, -0.2) is 23.0 Å². The molecule has 0 radical (unpaired) electrons. The summed E-state index contributed by atoms with van der Waals surface area (Å²) < 4.78 is 5.06. The zero-order valence-electron chi connectivity index (χ0n) is 11.4. The Bertz CT molecular complexity index is 666. The van der Waals surface area contributed by atoms with Gasteiger partial charge in [0.15, 0.2) is 0 Å². The van der Waals surface area contributed by atoms with Crippen LogP contribution in [-0.2, 0) is 6.42 Å². The SMILES string of the molecule is COc1ccc(C(Cc2ccccc2[N+](=O)[O-])=NO)cc1. The minimum absolute atomic E-state index is 0.00663. The third-order valence-electron chi connectivity index (χ3n) is 3.09. The molecule has 0 saturated carbocycles. The zero-order chi connectivity index (χ0) is 15.2. The number of benzene rings is 2. The lowest BCUT2D eigenvalue weighted by molar-refractivity contribution is -0.385. The number of nitro benzene ring substituents is 1. The summed E-state index contributed by atoms with van der Waals surface area (Å²) in [6, 6.07) is 13.3. The number of hydrogen-bond acceptors (Lipinski definition) is 5. The van der Waals surface area contributed by atoms with Gasteiger partial charge in [-0.25, -0.2) is 0 Å². The molecule has 0 fully saturated rings. The fraction of sp³-hybridized carbons (Fsp3) is 0.133. The lowest BCUT2D eigenvalue weighted by Crippen LogP contribution is -2.07. The second-order valence-electron chi connectivity index (χ2n) is 4.34. The summed E-state index contributed by atoms with van der Waals surface area (Å²) in [7, 11) is 1.56. The lowest BCUT2D eigenvalue weighted by Gasteiger charge is -2.07. The van der Waals surface area contributed by atoms with E-state index in [1.807, 2.05) is 0 Å². The third kappa shape index (κ3) is 3.36. The highest BCUT2D eigenvalue weighted by molar-refractivity contribution is 6.02. The monoisotopic (exact) mass is 286 g/mol. The van der Waals surface area contributed by atoms with E-state index in [1.165, 1.54) is 6.07 Å². The molecule has 6 nitrogen and oxygen atoms in total. The van der Waals surface area contributed by atoms with Crippen LogP contribution in [0.3, 0.4) is 0 Å². The summed E-state index contributed by atoms with van der Waals surface area (Å²) >= 11 is 0. The molecule has 2 aromatic rings. The van der Waals surface area contributed by atoms with Crippen molar-refractivity contribution in [2.24, 2.45) is 5.16 Å². The maximum atomic E-state index is 11.0. The summed E-state index contributed by atoms with van der Waals surface area (Å²) in [5.74, 6) is 0.682. The number of nitro groups is 1. The van der Waals surface area contributed by atoms with E-state index in [0.717, 1.165) is 0 Å². The normalized spacial score (nSPS) is 11.2. The van der Waals surface area contributed by atoms with Gasteiger partial charge >= 0.3 is 0 Å². The van der Waals surface area contributed by atoms with Crippen LogP contribution < -0.4 is 4.74 Å². The molecule has 0 spiro atoms. The van der Waals surface area contributed by atoms with Gasteiger partial charge in [0, 0.05) is 18.1 Å². The van der Waals surface area contributed by atoms with E-state index in [1.54, 1.807) is 49.6 Å². The minimum atomic E-state index is -0.446. The number of methoxy groups -OCH3 is 1. The maximum Gasteiger partial charge on any atom is 0.272 e. The third-order valence-corrected chi connectivity index (χ3v) is 3.09. The first-order chi connectivity index (χ1) is 10.2. The standard InChI is InChI=1S/C15H14N2O4/c1-21-13-8-6-11(7-9-13)14(16-18)10-12-4-2-3-5-15(12)17(19)20/h2-9,18H,10H2,1H3. The van der Waals surface area contributed by atoms with E-state index in [2.05, 4.69) is 5.16 Å². The molecule has 0 aliphatic carbocycles. The molecule has 0 amide bonds. The molecule has 1 N–H and O–H groups in total. The van der Waals surface area contributed by atoms with Crippen molar-refractivity contribution in [3.8, 4) is 5.75 Å². The molecule has 0 atom stereocenters. The van der Waals surface area contributed by atoms with E-state index in [4.69, 9.17) is 4.74 Å². The van der Waals surface area contributed by atoms with Crippen molar-refractivity contribution in [1.82, 2.24) is 0 Å². The molecule has 2 rings (SSSR count). The predicted octanol–water partition coefficient (Wildman–Crippen LogP) is 3.02. The summed E-state index contributed by atoms with van der Waals surface area (Å²) in [5, 5.41) is 23.4. The quantitative estimate of drug-likeness (QED) is 0.396. The number of rotatable bonds is 5. The number of ether oxygens (including phenoxy) is 1. The first-order valence-electron chi connectivity index (χ1n) is 6.23. The van der Waals surface area contributed by atoms with Crippen molar-refractivity contribution in [3.63, 3.8) is 0 Å². The van der Waals surface area contributed by atoms with Crippen LogP contribution in [0.1, 0.15) is 11.1 Å². The Morgan fingerprint density at radius 1 is 1.24 bits per heavy atom. The molecule has 0 heterocycles. The average Bonchev–Trinajstić information content (AvgIpc) is 2.53. The number of hydrogen-bond donors (Lipinski definition) is 1. The van der Waals surface area contributed by atoms with Crippen molar-refractivity contribution in [2.75, 3.05) is 7.11 Å². The van der Waals surface area contributed by atoms with Gasteiger partial charge in [0.05, 0.1) is 17.7 Å². The molecule has 6 heteroatoms. The van der Waals surface area contributed by atoms with Crippen LogP contribution in [0.5, 0.6) is 5.75 Å². The van der Waals surface area contributed by atoms with Crippen molar-refractivity contribution >= 4 is 11.4 Å². The van der Waals surface area contributed by atoms with E-state index in [-0.39, 0.29) is 12.1 Å². The number of oxime groups is 1. The molecule has 2 aromatic carbocycles. The van der Waals surface area contributed by atoms with Gasteiger partial charge in [0.2, 0.25) is 0 Å². The first-order valence-corrected chi connectivity index (χ1v) is 6.23. The molecule has 0 aliphatic rings. The smallest absolute Gasteiger partial charge is 0.272 e. The molecule has 0 aliphatic heterocycles. The molecule has 21 heavy (non-hydrogen) atoms. The van der Waals surface area contributed by atoms with Gasteiger partial charge in [0.25, 0.3) is 5.69 Å². The first kappa shape index (κ1) is 14.5. The van der Waals surface area contributed by atoms with Gasteiger partial charge in [-0.15, -0.1) is 0 Å². The molecule has 0 aromatic heterocycles. The van der Waals surface area contributed by atoms with Crippen LogP contribution in [0.15, 0.2) is 53.7 Å². The minimum Gasteiger partial charge on any atom is -0.497 e. The van der Waals surface area contributed by atoms with Crippen molar-refractivity contribution in [1.29, 1.82) is 0 Å².